The molecular weight excluding hydrogens is 166 g/mol. The Morgan fingerprint density at radius 3 is 2.92 bits per heavy atom. The summed E-state index contributed by atoms with van der Waals surface area (Å²) >= 11 is 0. The fourth-order valence-corrected chi connectivity index (χ4v) is 1.09. The molecule has 4 heteroatoms. The Balaban J connectivity index is 2.58. The van der Waals surface area contributed by atoms with Gasteiger partial charge in [0.25, 0.3) is 0 Å². The number of aryl methyl sites for hydroxylation is 1. The molecule has 1 rings (SSSR count). The fraction of sp³-hybridized carbons (Fsp3) is 0.556. The second kappa shape index (κ2) is 4.07. The summed E-state index contributed by atoms with van der Waals surface area (Å²) in [5, 5.41) is 6.90. The number of carbonyl (C=O) groups is 1. The van der Waals surface area contributed by atoms with Crippen LogP contribution in [0.1, 0.15) is 31.9 Å². The molecule has 1 amide bonds. The van der Waals surface area contributed by atoms with Crippen LogP contribution in [0.5, 0.6) is 0 Å². The first kappa shape index (κ1) is 9.77. The Hall–Kier alpha value is -1.32. The molecule has 0 aliphatic heterocycles. The van der Waals surface area contributed by atoms with Gasteiger partial charge in [-0.05, 0) is 6.92 Å². The zero-order chi connectivity index (χ0) is 9.84. The highest BCUT2D eigenvalue weighted by Crippen LogP contribution is 2.09. The van der Waals surface area contributed by atoms with E-state index in [2.05, 4.69) is 10.4 Å². The summed E-state index contributed by atoms with van der Waals surface area (Å²) in [6, 6.07) is 0.0427. The molecule has 0 bridgehead atoms. The van der Waals surface area contributed by atoms with Gasteiger partial charge in [0.15, 0.2) is 0 Å². The van der Waals surface area contributed by atoms with Gasteiger partial charge in [0.1, 0.15) is 0 Å². The van der Waals surface area contributed by atoms with Gasteiger partial charge in [-0.3, -0.25) is 9.48 Å². The van der Waals surface area contributed by atoms with Crippen molar-refractivity contribution in [1.29, 1.82) is 0 Å². The minimum absolute atomic E-state index is 0.0427. The second-order valence-electron chi connectivity index (χ2n) is 3.09. The summed E-state index contributed by atoms with van der Waals surface area (Å²) < 4.78 is 1.73. The topological polar surface area (TPSA) is 46.9 Å². The van der Waals surface area contributed by atoms with E-state index < -0.39 is 0 Å². The molecule has 0 saturated carbocycles. The van der Waals surface area contributed by atoms with Crippen molar-refractivity contribution in [3.8, 4) is 0 Å². The molecule has 1 unspecified atom stereocenters. The Morgan fingerprint density at radius 1 is 1.77 bits per heavy atom. The third-order valence-electron chi connectivity index (χ3n) is 1.92. The van der Waals surface area contributed by atoms with Gasteiger partial charge < -0.3 is 5.32 Å². The van der Waals surface area contributed by atoms with Gasteiger partial charge in [-0.15, -0.1) is 0 Å². The zero-order valence-corrected chi connectivity index (χ0v) is 8.24. The van der Waals surface area contributed by atoms with Crippen molar-refractivity contribution in [2.75, 3.05) is 0 Å². The molecule has 0 fully saturated rings. The molecule has 0 aliphatic carbocycles. The van der Waals surface area contributed by atoms with Crippen LogP contribution >= 0.6 is 0 Å². The van der Waals surface area contributed by atoms with E-state index in [1.807, 2.05) is 27.1 Å². The van der Waals surface area contributed by atoms with Crippen molar-refractivity contribution in [2.45, 2.75) is 26.3 Å². The van der Waals surface area contributed by atoms with Crippen LogP contribution in [0.25, 0.3) is 0 Å². The molecular formula is C9H15N3O. The van der Waals surface area contributed by atoms with E-state index >= 15 is 0 Å². The molecule has 1 aromatic heterocycles. The molecule has 0 aromatic carbocycles. The van der Waals surface area contributed by atoms with Crippen molar-refractivity contribution in [1.82, 2.24) is 15.1 Å². The number of hydrogen-bond acceptors (Lipinski definition) is 2. The normalized spacial score (nSPS) is 12.5. The average Bonchev–Trinajstić information content (AvgIpc) is 2.51. The minimum atomic E-state index is 0.0427. The average molecular weight is 181 g/mol. The van der Waals surface area contributed by atoms with E-state index in [4.69, 9.17) is 0 Å². The summed E-state index contributed by atoms with van der Waals surface area (Å²) in [6.45, 7) is 3.79. The van der Waals surface area contributed by atoms with Crippen LogP contribution in [-0.4, -0.2) is 15.7 Å². The molecule has 1 aromatic rings. The van der Waals surface area contributed by atoms with Crippen LogP contribution in [0.3, 0.4) is 0 Å². The first-order valence-electron chi connectivity index (χ1n) is 4.41. The summed E-state index contributed by atoms with van der Waals surface area (Å²) in [6.07, 6.45) is 4.19. The molecule has 0 saturated heterocycles. The zero-order valence-electron chi connectivity index (χ0n) is 8.24. The predicted molar refractivity (Wildman–Crippen MR) is 50.1 cm³/mol. The molecule has 1 heterocycles. The van der Waals surface area contributed by atoms with Gasteiger partial charge >= 0.3 is 0 Å². The van der Waals surface area contributed by atoms with E-state index in [-0.39, 0.29) is 11.9 Å². The van der Waals surface area contributed by atoms with Crippen LogP contribution in [0.4, 0.5) is 0 Å². The largest absolute Gasteiger partial charge is 0.349 e. The summed E-state index contributed by atoms with van der Waals surface area (Å²) in [4.78, 5) is 11.1. The van der Waals surface area contributed by atoms with Gasteiger partial charge in [-0.25, -0.2) is 0 Å². The standard InChI is InChI=1S/C9H15N3O/c1-4-9(13)11-7(2)8-5-10-12(3)6-8/h5-7H,4H2,1-3H3,(H,11,13). The van der Waals surface area contributed by atoms with E-state index in [0.29, 0.717) is 6.42 Å². The van der Waals surface area contributed by atoms with Crippen molar-refractivity contribution >= 4 is 5.91 Å². The molecule has 0 aliphatic rings. The number of rotatable bonds is 3. The highest BCUT2D eigenvalue weighted by Gasteiger charge is 2.08. The highest BCUT2D eigenvalue weighted by atomic mass is 16.1. The summed E-state index contributed by atoms with van der Waals surface area (Å²) in [5.74, 6) is 0.0661. The predicted octanol–water partition coefficient (Wildman–Crippen LogP) is 1.01. The van der Waals surface area contributed by atoms with Crippen LogP contribution in [0.2, 0.25) is 0 Å². The second-order valence-corrected chi connectivity index (χ2v) is 3.09. The van der Waals surface area contributed by atoms with Gasteiger partial charge in [-0.2, -0.15) is 5.10 Å². The smallest absolute Gasteiger partial charge is 0.220 e. The molecule has 13 heavy (non-hydrogen) atoms. The first-order valence-corrected chi connectivity index (χ1v) is 4.41. The van der Waals surface area contributed by atoms with Gasteiger partial charge in [0.05, 0.1) is 12.2 Å². The lowest BCUT2D eigenvalue weighted by molar-refractivity contribution is -0.121. The first-order chi connectivity index (χ1) is 6.13. The molecule has 0 radical (unpaired) electrons. The van der Waals surface area contributed by atoms with Crippen molar-refractivity contribution in [2.24, 2.45) is 7.05 Å². The Morgan fingerprint density at radius 2 is 2.46 bits per heavy atom. The lowest BCUT2D eigenvalue weighted by Gasteiger charge is -2.10. The maximum absolute atomic E-state index is 11.1. The van der Waals surface area contributed by atoms with E-state index in [1.54, 1.807) is 10.9 Å². The van der Waals surface area contributed by atoms with Crippen LogP contribution in [-0.2, 0) is 11.8 Å². The fourth-order valence-electron chi connectivity index (χ4n) is 1.09. The van der Waals surface area contributed by atoms with Gasteiger partial charge in [-0.1, -0.05) is 6.92 Å². The summed E-state index contributed by atoms with van der Waals surface area (Å²) in [7, 11) is 1.86. The Kier molecular flexibility index (Phi) is 3.06. The van der Waals surface area contributed by atoms with Crippen molar-refractivity contribution in [3.05, 3.63) is 18.0 Å². The van der Waals surface area contributed by atoms with Gasteiger partial charge in [0, 0.05) is 25.2 Å². The Bertz CT molecular complexity index is 293. The SMILES string of the molecule is CCC(=O)NC(C)c1cnn(C)c1. The highest BCUT2D eigenvalue weighted by molar-refractivity contribution is 5.75. The van der Waals surface area contributed by atoms with E-state index in [1.165, 1.54) is 0 Å². The van der Waals surface area contributed by atoms with Crippen molar-refractivity contribution in [3.63, 3.8) is 0 Å². The number of nitrogens with one attached hydrogen (secondary N) is 1. The maximum atomic E-state index is 11.1. The number of amides is 1. The molecule has 72 valence electrons. The number of hydrogen-bond donors (Lipinski definition) is 1. The number of carbonyl (C=O) groups excluding carboxylic acids is 1. The molecule has 1 atom stereocenters. The van der Waals surface area contributed by atoms with Crippen LogP contribution in [0, 0.1) is 0 Å². The van der Waals surface area contributed by atoms with Crippen LogP contribution in [0.15, 0.2) is 12.4 Å². The van der Waals surface area contributed by atoms with E-state index in [0.717, 1.165) is 5.56 Å². The number of nitrogens with zero attached hydrogens (tertiary/aromatic N) is 2. The lowest BCUT2D eigenvalue weighted by atomic mass is 10.2. The third kappa shape index (κ3) is 2.57. The quantitative estimate of drug-likeness (QED) is 0.756. The summed E-state index contributed by atoms with van der Waals surface area (Å²) in [5.41, 5.74) is 1.03. The number of aromatic nitrogens is 2. The van der Waals surface area contributed by atoms with E-state index in [9.17, 15) is 4.79 Å². The monoisotopic (exact) mass is 181 g/mol. The van der Waals surface area contributed by atoms with Gasteiger partial charge in [0.2, 0.25) is 5.91 Å². The minimum Gasteiger partial charge on any atom is -0.349 e. The Labute approximate surface area is 77.9 Å². The van der Waals surface area contributed by atoms with Crippen molar-refractivity contribution < 1.29 is 4.79 Å². The molecule has 4 nitrogen and oxygen atoms in total. The lowest BCUT2D eigenvalue weighted by Crippen LogP contribution is -2.25. The van der Waals surface area contributed by atoms with Crippen LogP contribution < -0.4 is 5.32 Å². The maximum Gasteiger partial charge on any atom is 0.220 e. The third-order valence-corrected chi connectivity index (χ3v) is 1.92. The molecule has 1 N–H and O–H groups in total. The molecule has 0 spiro atoms.